The molecule has 0 heterocycles. The third-order valence-electron chi connectivity index (χ3n) is 4.21. The van der Waals surface area contributed by atoms with Crippen molar-refractivity contribution in [3.63, 3.8) is 0 Å². The van der Waals surface area contributed by atoms with Gasteiger partial charge in [0.25, 0.3) is 0 Å². The third-order valence-corrected chi connectivity index (χ3v) is 4.21. The van der Waals surface area contributed by atoms with Crippen LogP contribution in [0.2, 0.25) is 0 Å². The molecule has 1 fully saturated rings. The van der Waals surface area contributed by atoms with Crippen LogP contribution in [0.3, 0.4) is 0 Å². The minimum atomic E-state index is 0.235. The Morgan fingerprint density at radius 3 is 2.63 bits per heavy atom. The van der Waals surface area contributed by atoms with Gasteiger partial charge in [-0.15, -0.1) is 0 Å². The summed E-state index contributed by atoms with van der Waals surface area (Å²) in [6.45, 7) is 2.23. The molecule has 1 saturated carbocycles. The van der Waals surface area contributed by atoms with E-state index in [1.54, 1.807) is 7.11 Å². The smallest absolute Gasteiger partial charge is 0.136 e. The second-order valence-corrected chi connectivity index (χ2v) is 5.64. The standard InChI is InChI=1S/C17H24O2/c1-3-4-13-7-10-17(18)15(11-13)12-14-5-8-16(19-2)9-6-14/h5-6,8-9,13,15H,3-4,7,10-12H2,1-2H3. The molecule has 2 unspecified atom stereocenters. The Balaban J connectivity index is 1.97. The number of hydrogen-bond donors (Lipinski definition) is 0. The molecule has 0 radical (unpaired) electrons. The minimum absolute atomic E-state index is 0.235. The van der Waals surface area contributed by atoms with E-state index in [1.165, 1.54) is 18.4 Å². The Labute approximate surface area is 116 Å². The minimum Gasteiger partial charge on any atom is -0.497 e. The van der Waals surface area contributed by atoms with E-state index in [2.05, 4.69) is 19.1 Å². The van der Waals surface area contributed by atoms with Crippen LogP contribution in [-0.4, -0.2) is 12.9 Å². The monoisotopic (exact) mass is 260 g/mol. The summed E-state index contributed by atoms with van der Waals surface area (Å²) in [6.07, 6.45) is 6.36. The molecule has 1 aliphatic rings. The molecule has 0 aliphatic heterocycles. The number of benzene rings is 1. The maximum Gasteiger partial charge on any atom is 0.136 e. The number of hydrogen-bond acceptors (Lipinski definition) is 2. The van der Waals surface area contributed by atoms with Crippen molar-refractivity contribution >= 4 is 5.78 Å². The summed E-state index contributed by atoms with van der Waals surface area (Å²) in [4.78, 5) is 12.0. The Hall–Kier alpha value is -1.31. The van der Waals surface area contributed by atoms with Gasteiger partial charge in [-0.05, 0) is 42.9 Å². The Morgan fingerprint density at radius 2 is 2.00 bits per heavy atom. The highest BCUT2D eigenvalue weighted by Crippen LogP contribution is 2.31. The maximum absolute atomic E-state index is 12.0. The van der Waals surface area contributed by atoms with Crippen molar-refractivity contribution < 1.29 is 9.53 Å². The van der Waals surface area contributed by atoms with Gasteiger partial charge in [0.2, 0.25) is 0 Å². The Kier molecular flexibility index (Phi) is 5.00. The van der Waals surface area contributed by atoms with E-state index in [1.807, 2.05) is 12.1 Å². The van der Waals surface area contributed by atoms with E-state index in [9.17, 15) is 4.79 Å². The van der Waals surface area contributed by atoms with Crippen LogP contribution < -0.4 is 4.74 Å². The number of methoxy groups -OCH3 is 1. The zero-order valence-electron chi connectivity index (χ0n) is 12.0. The quantitative estimate of drug-likeness (QED) is 0.799. The van der Waals surface area contributed by atoms with Gasteiger partial charge in [-0.2, -0.15) is 0 Å². The third kappa shape index (κ3) is 3.82. The molecule has 2 heteroatoms. The first-order valence-corrected chi connectivity index (χ1v) is 7.38. The Bertz CT molecular complexity index is 408. The van der Waals surface area contributed by atoms with Gasteiger partial charge in [0.15, 0.2) is 0 Å². The fourth-order valence-electron chi connectivity index (χ4n) is 3.12. The van der Waals surface area contributed by atoms with Crippen molar-refractivity contribution in [2.75, 3.05) is 7.11 Å². The highest BCUT2D eigenvalue weighted by atomic mass is 16.5. The zero-order chi connectivity index (χ0) is 13.7. The highest BCUT2D eigenvalue weighted by Gasteiger charge is 2.28. The van der Waals surface area contributed by atoms with Crippen molar-refractivity contribution in [2.24, 2.45) is 11.8 Å². The average molecular weight is 260 g/mol. The van der Waals surface area contributed by atoms with Crippen LogP contribution >= 0.6 is 0 Å². The molecule has 0 bridgehead atoms. The fraction of sp³-hybridized carbons (Fsp3) is 0.588. The van der Waals surface area contributed by atoms with E-state index < -0.39 is 0 Å². The zero-order valence-corrected chi connectivity index (χ0v) is 12.0. The largest absolute Gasteiger partial charge is 0.497 e. The highest BCUT2D eigenvalue weighted by molar-refractivity contribution is 5.82. The first-order chi connectivity index (χ1) is 9.22. The summed E-state index contributed by atoms with van der Waals surface area (Å²) in [7, 11) is 1.68. The number of ether oxygens (including phenoxy) is 1. The molecule has 0 amide bonds. The van der Waals surface area contributed by atoms with Crippen LogP contribution in [-0.2, 0) is 11.2 Å². The van der Waals surface area contributed by atoms with E-state index in [0.29, 0.717) is 5.78 Å². The lowest BCUT2D eigenvalue weighted by Crippen LogP contribution is -2.26. The summed E-state index contributed by atoms with van der Waals surface area (Å²) in [5, 5.41) is 0. The molecule has 1 aliphatic carbocycles. The van der Waals surface area contributed by atoms with Crippen molar-refractivity contribution in [3.8, 4) is 5.75 Å². The molecule has 0 aromatic heterocycles. The van der Waals surface area contributed by atoms with Crippen molar-refractivity contribution in [1.82, 2.24) is 0 Å². The molecule has 2 nitrogen and oxygen atoms in total. The molecule has 2 atom stereocenters. The molecule has 104 valence electrons. The normalized spacial score (nSPS) is 23.4. The van der Waals surface area contributed by atoms with E-state index in [-0.39, 0.29) is 5.92 Å². The number of Topliss-reactive ketones (excluding diaryl/α,β-unsaturated/α-hetero) is 1. The summed E-state index contributed by atoms with van der Waals surface area (Å²) in [6, 6.07) is 8.11. The lowest BCUT2D eigenvalue weighted by atomic mass is 9.76. The van der Waals surface area contributed by atoms with Gasteiger partial charge in [-0.1, -0.05) is 31.9 Å². The van der Waals surface area contributed by atoms with Gasteiger partial charge in [-0.3, -0.25) is 4.79 Å². The summed E-state index contributed by atoms with van der Waals surface area (Å²) < 4.78 is 5.16. The first kappa shape index (κ1) is 14.1. The predicted octanol–water partition coefficient (Wildman–Crippen LogP) is 4.02. The van der Waals surface area contributed by atoms with E-state index in [0.717, 1.165) is 37.4 Å². The van der Waals surface area contributed by atoms with Gasteiger partial charge in [0.05, 0.1) is 7.11 Å². The van der Waals surface area contributed by atoms with E-state index >= 15 is 0 Å². The lowest BCUT2D eigenvalue weighted by Gasteiger charge is -2.28. The lowest BCUT2D eigenvalue weighted by molar-refractivity contribution is -0.125. The summed E-state index contributed by atoms with van der Waals surface area (Å²) in [5.41, 5.74) is 1.25. The predicted molar refractivity (Wildman–Crippen MR) is 77.4 cm³/mol. The van der Waals surface area contributed by atoms with Gasteiger partial charge >= 0.3 is 0 Å². The van der Waals surface area contributed by atoms with Crippen LogP contribution in [0.25, 0.3) is 0 Å². The molecule has 0 spiro atoms. The molecule has 1 aromatic carbocycles. The topological polar surface area (TPSA) is 26.3 Å². The van der Waals surface area contributed by atoms with Crippen LogP contribution in [0.4, 0.5) is 0 Å². The second-order valence-electron chi connectivity index (χ2n) is 5.64. The number of carbonyl (C=O) groups is 1. The van der Waals surface area contributed by atoms with Crippen LogP contribution in [0.5, 0.6) is 5.75 Å². The fourth-order valence-corrected chi connectivity index (χ4v) is 3.12. The average Bonchev–Trinajstić information content (AvgIpc) is 2.44. The molecule has 0 saturated heterocycles. The van der Waals surface area contributed by atoms with Crippen LogP contribution in [0, 0.1) is 11.8 Å². The first-order valence-electron chi connectivity index (χ1n) is 7.38. The second kappa shape index (κ2) is 6.74. The van der Waals surface area contributed by atoms with Gasteiger partial charge in [0.1, 0.15) is 11.5 Å². The van der Waals surface area contributed by atoms with Crippen LogP contribution in [0.15, 0.2) is 24.3 Å². The molecular formula is C17H24O2. The molecule has 19 heavy (non-hydrogen) atoms. The number of carbonyl (C=O) groups excluding carboxylic acids is 1. The number of ketones is 1. The maximum atomic E-state index is 12.0. The molecule has 1 aromatic rings. The van der Waals surface area contributed by atoms with Gasteiger partial charge in [0, 0.05) is 12.3 Å². The SMILES string of the molecule is CCCC1CCC(=O)C(Cc2ccc(OC)cc2)C1. The van der Waals surface area contributed by atoms with E-state index in [4.69, 9.17) is 4.74 Å². The van der Waals surface area contributed by atoms with Crippen LogP contribution in [0.1, 0.15) is 44.6 Å². The molecular weight excluding hydrogens is 236 g/mol. The van der Waals surface area contributed by atoms with Crippen molar-refractivity contribution in [3.05, 3.63) is 29.8 Å². The Morgan fingerprint density at radius 1 is 1.26 bits per heavy atom. The molecule has 2 rings (SSSR count). The number of rotatable bonds is 5. The summed E-state index contributed by atoms with van der Waals surface area (Å²) in [5.74, 6) is 2.33. The summed E-state index contributed by atoms with van der Waals surface area (Å²) >= 11 is 0. The van der Waals surface area contributed by atoms with Crippen molar-refractivity contribution in [1.29, 1.82) is 0 Å². The molecule has 0 N–H and O–H groups in total. The van der Waals surface area contributed by atoms with Crippen molar-refractivity contribution in [2.45, 2.75) is 45.4 Å². The van der Waals surface area contributed by atoms with Gasteiger partial charge < -0.3 is 4.74 Å². The van der Waals surface area contributed by atoms with Gasteiger partial charge in [-0.25, -0.2) is 0 Å².